The number of amides is 1. The van der Waals surface area contributed by atoms with Crippen molar-refractivity contribution >= 4 is 5.91 Å². The Labute approximate surface area is 105 Å². The zero-order chi connectivity index (χ0) is 13.0. The van der Waals surface area contributed by atoms with Crippen molar-refractivity contribution in [1.82, 2.24) is 9.80 Å². The minimum absolute atomic E-state index is 0.163. The van der Waals surface area contributed by atoms with E-state index in [0.29, 0.717) is 6.54 Å². The van der Waals surface area contributed by atoms with Crippen LogP contribution in [0.2, 0.25) is 0 Å². The summed E-state index contributed by atoms with van der Waals surface area (Å²) in [5.74, 6) is 0.176. The molecule has 1 amide bonds. The van der Waals surface area contributed by atoms with Crippen molar-refractivity contribution in [3.63, 3.8) is 0 Å². The topological polar surface area (TPSA) is 43.8 Å². The lowest BCUT2D eigenvalue weighted by atomic mass is 10.2. The van der Waals surface area contributed by atoms with E-state index in [2.05, 4.69) is 4.90 Å². The van der Waals surface area contributed by atoms with Crippen LogP contribution < -0.4 is 0 Å². The molecule has 0 bridgehead atoms. The summed E-state index contributed by atoms with van der Waals surface area (Å²) < 4.78 is 0. The lowest BCUT2D eigenvalue weighted by molar-refractivity contribution is -0.136. The zero-order valence-electron chi connectivity index (χ0n) is 11.5. The van der Waals surface area contributed by atoms with Gasteiger partial charge < -0.3 is 10.0 Å². The molecular formula is C13H26N2O2. The lowest BCUT2D eigenvalue weighted by Gasteiger charge is -2.33. The molecule has 0 aliphatic carbocycles. The van der Waals surface area contributed by atoms with Crippen LogP contribution in [0.1, 0.15) is 40.5 Å². The van der Waals surface area contributed by atoms with Gasteiger partial charge in [-0.25, -0.2) is 0 Å². The largest absolute Gasteiger partial charge is 0.395 e. The first-order valence-corrected chi connectivity index (χ1v) is 6.63. The van der Waals surface area contributed by atoms with E-state index in [1.165, 1.54) is 0 Å². The van der Waals surface area contributed by atoms with E-state index in [0.717, 1.165) is 19.4 Å². The maximum Gasteiger partial charge on any atom is 0.237 e. The second-order valence-electron chi connectivity index (χ2n) is 5.44. The molecule has 0 aromatic carbocycles. The van der Waals surface area contributed by atoms with Crippen molar-refractivity contribution in [2.75, 3.05) is 19.7 Å². The Balaban J connectivity index is 2.57. The highest BCUT2D eigenvalue weighted by molar-refractivity contribution is 5.79. The first-order chi connectivity index (χ1) is 7.97. The molecule has 1 fully saturated rings. The average Bonchev–Trinajstić information content (AvgIpc) is 2.63. The van der Waals surface area contributed by atoms with Crippen molar-refractivity contribution in [1.29, 1.82) is 0 Å². The Bertz CT molecular complexity index is 246. The number of aliphatic hydroxyl groups excluding tert-OH is 1. The molecule has 1 atom stereocenters. The van der Waals surface area contributed by atoms with Crippen LogP contribution in [0.3, 0.4) is 0 Å². The molecule has 1 aliphatic heterocycles. The molecule has 1 unspecified atom stereocenters. The Kier molecular flexibility index (Phi) is 5.40. The van der Waals surface area contributed by atoms with Crippen LogP contribution in [-0.4, -0.2) is 58.6 Å². The van der Waals surface area contributed by atoms with E-state index >= 15 is 0 Å². The molecule has 0 aromatic heterocycles. The summed E-state index contributed by atoms with van der Waals surface area (Å²) in [5, 5.41) is 9.24. The SMILES string of the molecule is CC(C)N(C(=O)CN1CCCC1CO)C(C)C. The maximum absolute atomic E-state index is 12.2. The van der Waals surface area contributed by atoms with Gasteiger partial charge in [0.25, 0.3) is 0 Å². The van der Waals surface area contributed by atoms with Gasteiger partial charge >= 0.3 is 0 Å². The van der Waals surface area contributed by atoms with Gasteiger partial charge in [0.05, 0.1) is 13.2 Å². The highest BCUT2D eigenvalue weighted by Gasteiger charge is 2.28. The summed E-state index contributed by atoms with van der Waals surface area (Å²) >= 11 is 0. The molecule has 17 heavy (non-hydrogen) atoms. The smallest absolute Gasteiger partial charge is 0.237 e. The third-order valence-electron chi connectivity index (χ3n) is 3.45. The fourth-order valence-electron chi connectivity index (χ4n) is 2.74. The second-order valence-corrected chi connectivity index (χ2v) is 5.44. The van der Waals surface area contributed by atoms with Gasteiger partial charge in [-0.1, -0.05) is 0 Å². The van der Waals surface area contributed by atoms with E-state index in [-0.39, 0.29) is 30.6 Å². The van der Waals surface area contributed by atoms with Crippen molar-refractivity contribution < 1.29 is 9.90 Å². The molecule has 0 spiro atoms. The molecule has 1 rings (SSSR count). The normalized spacial score (nSPS) is 21.5. The minimum Gasteiger partial charge on any atom is -0.395 e. The summed E-state index contributed by atoms with van der Waals surface area (Å²) in [4.78, 5) is 16.3. The number of hydrogen-bond donors (Lipinski definition) is 1. The number of carbonyl (C=O) groups is 1. The quantitative estimate of drug-likeness (QED) is 0.785. The first-order valence-electron chi connectivity index (χ1n) is 6.63. The Morgan fingerprint density at radius 3 is 2.41 bits per heavy atom. The van der Waals surface area contributed by atoms with Crippen LogP contribution >= 0.6 is 0 Å². The molecule has 1 aliphatic rings. The number of carbonyl (C=O) groups excluding carboxylic acids is 1. The third kappa shape index (κ3) is 3.68. The van der Waals surface area contributed by atoms with Crippen LogP contribution in [-0.2, 0) is 4.79 Å². The Morgan fingerprint density at radius 2 is 1.94 bits per heavy atom. The Hall–Kier alpha value is -0.610. The van der Waals surface area contributed by atoms with Gasteiger partial charge in [0, 0.05) is 18.1 Å². The van der Waals surface area contributed by atoms with E-state index in [4.69, 9.17) is 0 Å². The maximum atomic E-state index is 12.2. The van der Waals surface area contributed by atoms with Crippen LogP contribution in [0.5, 0.6) is 0 Å². The van der Waals surface area contributed by atoms with E-state index in [9.17, 15) is 9.90 Å². The van der Waals surface area contributed by atoms with E-state index in [1.807, 2.05) is 32.6 Å². The predicted octanol–water partition coefficient (Wildman–Crippen LogP) is 1.09. The monoisotopic (exact) mass is 242 g/mol. The van der Waals surface area contributed by atoms with Gasteiger partial charge in [0.2, 0.25) is 5.91 Å². The number of nitrogens with zero attached hydrogens (tertiary/aromatic N) is 2. The molecular weight excluding hydrogens is 216 g/mol. The van der Waals surface area contributed by atoms with Crippen LogP contribution in [0, 0.1) is 0 Å². The number of likely N-dealkylation sites (tertiary alicyclic amines) is 1. The first kappa shape index (κ1) is 14.5. The molecule has 4 heteroatoms. The van der Waals surface area contributed by atoms with Crippen molar-refractivity contribution in [2.45, 2.75) is 58.7 Å². The molecule has 0 aromatic rings. The lowest BCUT2D eigenvalue weighted by Crippen LogP contribution is -2.48. The molecule has 1 saturated heterocycles. The molecule has 4 nitrogen and oxygen atoms in total. The number of rotatable bonds is 5. The summed E-state index contributed by atoms with van der Waals surface area (Å²) in [7, 11) is 0. The van der Waals surface area contributed by atoms with Gasteiger partial charge in [-0.3, -0.25) is 9.69 Å². The van der Waals surface area contributed by atoms with E-state index < -0.39 is 0 Å². The summed E-state index contributed by atoms with van der Waals surface area (Å²) in [6, 6.07) is 0.649. The molecule has 0 radical (unpaired) electrons. The average molecular weight is 242 g/mol. The van der Waals surface area contributed by atoms with Crippen molar-refractivity contribution in [2.24, 2.45) is 0 Å². The van der Waals surface area contributed by atoms with Crippen LogP contribution in [0.15, 0.2) is 0 Å². The number of hydrogen-bond acceptors (Lipinski definition) is 3. The van der Waals surface area contributed by atoms with Gasteiger partial charge in [-0.05, 0) is 47.1 Å². The fraction of sp³-hybridized carbons (Fsp3) is 0.923. The molecule has 100 valence electrons. The van der Waals surface area contributed by atoms with Gasteiger partial charge in [-0.2, -0.15) is 0 Å². The molecule has 1 heterocycles. The van der Waals surface area contributed by atoms with Crippen molar-refractivity contribution in [3.8, 4) is 0 Å². The van der Waals surface area contributed by atoms with Crippen molar-refractivity contribution in [3.05, 3.63) is 0 Å². The third-order valence-corrected chi connectivity index (χ3v) is 3.45. The summed E-state index contributed by atoms with van der Waals surface area (Å²) in [6.07, 6.45) is 2.09. The van der Waals surface area contributed by atoms with Gasteiger partial charge in [0.15, 0.2) is 0 Å². The van der Waals surface area contributed by atoms with Gasteiger partial charge in [-0.15, -0.1) is 0 Å². The molecule has 1 N–H and O–H groups in total. The second kappa shape index (κ2) is 6.36. The Morgan fingerprint density at radius 1 is 1.35 bits per heavy atom. The highest BCUT2D eigenvalue weighted by atomic mass is 16.3. The summed E-state index contributed by atoms with van der Waals surface area (Å²) in [6.45, 7) is 9.73. The minimum atomic E-state index is 0.163. The number of aliphatic hydroxyl groups is 1. The van der Waals surface area contributed by atoms with E-state index in [1.54, 1.807) is 0 Å². The molecule has 0 saturated carbocycles. The standard InChI is InChI=1S/C13H26N2O2/c1-10(2)15(11(3)4)13(17)8-14-7-5-6-12(14)9-16/h10-12,16H,5-9H2,1-4H3. The predicted molar refractivity (Wildman–Crippen MR) is 68.8 cm³/mol. The zero-order valence-corrected chi connectivity index (χ0v) is 11.5. The fourth-order valence-corrected chi connectivity index (χ4v) is 2.74. The van der Waals surface area contributed by atoms with Gasteiger partial charge in [0.1, 0.15) is 0 Å². The van der Waals surface area contributed by atoms with Crippen LogP contribution in [0.25, 0.3) is 0 Å². The van der Waals surface area contributed by atoms with Crippen LogP contribution in [0.4, 0.5) is 0 Å². The highest BCUT2D eigenvalue weighted by Crippen LogP contribution is 2.17. The summed E-state index contributed by atoms with van der Waals surface area (Å²) in [5.41, 5.74) is 0.